The Morgan fingerprint density at radius 3 is 2.27 bits per heavy atom. The maximum Gasteiger partial charge on any atom is 0.416 e. The molecule has 0 aromatic heterocycles. The second-order valence-electron chi connectivity index (χ2n) is 3.34. The molecule has 1 aromatic rings. The minimum absolute atomic E-state index is 0.00926. The smallest absolute Gasteiger partial charge is 0.398 e. The van der Waals surface area contributed by atoms with Gasteiger partial charge in [-0.1, -0.05) is 0 Å². The summed E-state index contributed by atoms with van der Waals surface area (Å²) in [6.45, 7) is 2.69. The molecular formula is C10H11F3N2. The molecule has 0 unspecified atom stereocenters. The Balaban J connectivity index is 3.60. The van der Waals surface area contributed by atoms with E-state index in [-0.39, 0.29) is 22.4 Å². The van der Waals surface area contributed by atoms with Crippen LogP contribution in [0.3, 0.4) is 0 Å². The van der Waals surface area contributed by atoms with Crippen molar-refractivity contribution in [3.63, 3.8) is 0 Å². The van der Waals surface area contributed by atoms with Crippen molar-refractivity contribution >= 4 is 11.9 Å². The van der Waals surface area contributed by atoms with Crippen LogP contribution in [0.15, 0.2) is 6.07 Å². The molecular weight excluding hydrogens is 205 g/mol. The lowest BCUT2D eigenvalue weighted by molar-refractivity contribution is -0.138. The molecule has 15 heavy (non-hydrogen) atoms. The van der Waals surface area contributed by atoms with Gasteiger partial charge in [-0.15, -0.1) is 0 Å². The van der Waals surface area contributed by atoms with Gasteiger partial charge in [0.2, 0.25) is 0 Å². The highest BCUT2D eigenvalue weighted by Gasteiger charge is 2.35. The Labute approximate surface area is 85.4 Å². The predicted molar refractivity (Wildman–Crippen MR) is 53.2 cm³/mol. The van der Waals surface area contributed by atoms with E-state index < -0.39 is 11.7 Å². The van der Waals surface area contributed by atoms with Gasteiger partial charge >= 0.3 is 6.18 Å². The van der Waals surface area contributed by atoms with Crippen LogP contribution in [-0.4, -0.2) is 6.21 Å². The number of alkyl halides is 3. The van der Waals surface area contributed by atoms with E-state index in [9.17, 15) is 13.2 Å². The van der Waals surface area contributed by atoms with Crippen LogP contribution in [0, 0.1) is 19.3 Å². The van der Waals surface area contributed by atoms with Gasteiger partial charge in [0.25, 0.3) is 0 Å². The topological polar surface area (TPSA) is 49.9 Å². The minimum atomic E-state index is -4.40. The molecule has 0 fully saturated rings. The van der Waals surface area contributed by atoms with Crippen LogP contribution in [0.1, 0.15) is 22.3 Å². The third-order valence-electron chi connectivity index (χ3n) is 2.28. The number of aryl methyl sites for hydroxylation is 1. The highest BCUT2D eigenvalue weighted by Crippen LogP contribution is 2.36. The van der Waals surface area contributed by atoms with E-state index in [4.69, 9.17) is 11.1 Å². The van der Waals surface area contributed by atoms with Crippen molar-refractivity contribution in [2.75, 3.05) is 5.73 Å². The fraction of sp³-hybridized carbons (Fsp3) is 0.300. The van der Waals surface area contributed by atoms with Crippen molar-refractivity contribution in [3.8, 4) is 0 Å². The maximum absolute atomic E-state index is 12.6. The van der Waals surface area contributed by atoms with Crippen LogP contribution in [0.4, 0.5) is 18.9 Å². The zero-order valence-electron chi connectivity index (χ0n) is 8.37. The quantitative estimate of drug-likeness (QED) is 0.550. The van der Waals surface area contributed by atoms with Gasteiger partial charge in [0.1, 0.15) is 0 Å². The monoisotopic (exact) mass is 216 g/mol. The van der Waals surface area contributed by atoms with Crippen LogP contribution in [0.5, 0.6) is 0 Å². The second kappa shape index (κ2) is 3.56. The van der Waals surface area contributed by atoms with E-state index in [2.05, 4.69) is 0 Å². The van der Waals surface area contributed by atoms with E-state index in [0.29, 0.717) is 0 Å². The molecule has 3 N–H and O–H groups in total. The number of nitrogen functional groups attached to an aromatic ring is 1. The van der Waals surface area contributed by atoms with Crippen molar-refractivity contribution in [1.82, 2.24) is 0 Å². The molecule has 5 heteroatoms. The normalized spacial score (nSPS) is 11.5. The molecule has 82 valence electrons. The molecule has 0 aliphatic rings. The van der Waals surface area contributed by atoms with Gasteiger partial charge in [0, 0.05) is 17.5 Å². The van der Waals surface area contributed by atoms with E-state index in [1.54, 1.807) is 0 Å². The minimum Gasteiger partial charge on any atom is -0.398 e. The summed E-state index contributed by atoms with van der Waals surface area (Å²) in [6.07, 6.45) is -3.56. The summed E-state index contributed by atoms with van der Waals surface area (Å²) in [4.78, 5) is 0. The Kier molecular flexibility index (Phi) is 2.75. The van der Waals surface area contributed by atoms with Crippen molar-refractivity contribution in [2.24, 2.45) is 0 Å². The first-order valence-corrected chi connectivity index (χ1v) is 4.26. The van der Waals surface area contributed by atoms with E-state index in [1.165, 1.54) is 19.9 Å². The van der Waals surface area contributed by atoms with Gasteiger partial charge in [-0.2, -0.15) is 13.2 Å². The molecule has 0 bridgehead atoms. The highest BCUT2D eigenvalue weighted by atomic mass is 19.4. The number of nitrogens with two attached hydrogens (primary N) is 1. The van der Waals surface area contributed by atoms with Gasteiger partial charge in [0.15, 0.2) is 0 Å². The van der Waals surface area contributed by atoms with Crippen molar-refractivity contribution < 1.29 is 13.2 Å². The first-order valence-electron chi connectivity index (χ1n) is 4.26. The number of rotatable bonds is 1. The molecule has 0 heterocycles. The highest BCUT2D eigenvalue weighted by molar-refractivity contribution is 5.88. The predicted octanol–water partition coefficient (Wildman–Crippen LogP) is 2.90. The van der Waals surface area contributed by atoms with Crippen LogP contribution in [-0.2, 0) is 6.18 Å². The lowest BCUT2D eigenvalue weighted by atomic mass is 9.96. The summed E-state index contributed by atoms with van der Waals surface area (Å²) in [5.41, 5.74) is 5.26. The summed E-state index contributed by atoms with van der Waals surface area (Å²) in [7, 11) is 0. The fourth-order valence-corrected chi connectivity index (χ4v) is 1.66. The lowest BCUT2D eigenvalue weighted by Crippen LogP contribution is -2.13. The van der Waals surface area contributed by atoms with Gasteiger partial charge in [-0.05, 0) is 31.0 Å². The molecule has 0 aliphatic carbocycles. The molecule has 0 amide bonds. The van der Waals surface area contributed by atoms with Gasteiger partial charge in [0.05, 0.1) is 5.56 Å². The molecule has 0 spiro atoms. The van der Waals surface area contributed by atoms with Crippen LogP contribution >= 0.6 is 0 Å². The molecule has 0 aliphatic heterocycles. The molecule has 0 saturated heterocycles. The average molecular weight is 216 g/mol. The van der Waals surface area contributed by atoms with Gasteiger partial charge in [-0.3, -0.25) is 0 Å². The third-order valence-corrected chi connectivity index (χ3v) is 2.28. The largest absolute Gasteiger partial charge is 0.416 e. The van der Waals surface area contributed by atoms with E-state index in [1.807, 2.05) is 0 Å². The van der Waals surface area contributed by atoms with E-state index >= 15 is 0 Å². The average Bonchev–Trinajstić information content (AvgIpc) is 2.00. The third kappa shape index (κ3) is 1.95. The van der Waals surface area contributed by atoms with Crippen LogP contribution < -0.4 is 5.73 Å². The standard InChI is InChI=1S/C10H11F3N2/c1-5-3-8(15)7(4-14)6(2)9(5)10(11,12)13/h3-4,14H,15H2,1-2H3. The number of halogens is 3. The Morgan fingerprint density at radius 2 is 1.87 bits per heavy atom. The lowest BCUT2D eigenvalue weighted by Gasteiger charge is -2.16. The van der Waals surface area contributed by atoms with Gasteiger partial charge in [-0.25, -0.2) is 0 Å². The summed E-state index contributed by atoms with van der Waals surface area (Å²) in [5, 5.41) is 7.02. The Morgan fingerprint density at radius 1 is 1.33 bits per heavy atom. The summed E-state index contributed by atoms with van der Waals surface area (Å²) >= 11 is 0. The van der Waals surface area contributed by atoms with Crippen molar-refractivity contribution in [3.05, 3.63) is 28.3 Å². The first-order chi connectivity index (χ1) is 6.79. The molecule has 0 saturated carbocycles. The van der Waals surface area contributed by atoms with E-state index in [0.717, 1.165) is 6.21 Å². The summed E-state index contributed by atoms with van der Waals surface area (Å²) < 4.78 is 37.9. The first kappa shape index (κ1) is 11.6. The summed E-state index contributed by atoms with van der Waals surface area (Å²) in [5.74, 6) is 0. The van der Waals surface area contributed by atoms with Crippen LogP contribution in [0.2, 0.25) is 0 Å². The Hall–Kier alpha value is -1.52. The summed E-state index contributed by atoms with van der Waals surface area (Å²) in [6, 6.07) is 1.25. The second-order valence-corrected chi connectivity index (χ2v) is 3.34. The van der Waals surface area contributed by atoms with Crippen molar-refractivity contribution in [1.29, 1.82) is 5.41 Å². The molecule has 2 nitrogen and oxygen atoms in total. The van der Waals surface area contributed by atoms with Crippen molar-refractivity contribution in [2.45, 2.75) is 20.0 Å². The van der Waals surface area contributed by atoms with Crippen LogP contribution in [0.25, 0.3) is 0 Å². The molecule has 0 radical (unpaired) electrons. The number of benzene rings is 1. The SMILES string of the molecule is Cc1cc(N)c(C=N)c(C)c1C(F)(F)F. The number of hydrogen-bond donors (Lipinski definition) is 2. The fourth-order valence-electron chi connectivity index (χ4n) is 1.66. The zero-order valence-corrected chi connectivity index (χ0v) is 8.37. The maximum atomic E-state index is 12.6. The zero-order chi connectivity index (χ0) is 11.8. The number of nitrogens with one attached hydrogen (secondary N) is 1. The number of anilines is 1. The Bertz CT molecular complexity index is 408. The number of hydrogen-bond acceptors (Lipinski definition) is 2. The van der Waals surface area contributed by atoms with Gasteiger partial charge < -0.3 is 11.1 Å². The molecule has 0 atom stereocenters. The molecule has 1 aromatic carbocycles. The molecule has 1 rings (SSSR count).